The van der Waals surface area contributed by atoms with Crippen molar-refractivity contribution in [1.29, 1.82) is 0 Å². The largest absolute Gasteiger partial charge is 0.489 e. The van der Waals surface area contributed by atoms with Gasteiger partial charge in [0.25, 0.3) is 0 Å². The molecule has 20 heavy (non-hydrogen) atoms. The molecule has 0 fully saturated rings. The van der Waals surface area contributed by atoms with E-state index in [1.165, 1.54) is 0 Å². The van der Waals surface area contributed by atoms with Crippen molar-refractivity contribution in [2.45, 2.75) is 19.6 Å². The lowest BCUT2D eigenvalue weighted by atomic mass is 10.1. The number of hydrogen-bond donors (Lipinski definition) is 1. The van der Waals surface area contributed by atoms with Gasteiger partial charge in [-0.25, -0.2) is 0 Å². The van der Waals surface area contributed by atoms with E-state index in [1.54, 1.807) is 18.2 Å². The molecule has 2 nitrogen and oxygen atoms in total. The highest BCUT2D eigenvalue weighted by Crippen LogP contribution is 2.29. The fourth-order valence-electron chi connectivity index (χ4n) is 1.80. The quantitative estimate of drug-likeness (QED) is 0.831. The van der Waals surface area contributed by atoms with Crippen LogP contribution in [0, 0.1) is 0 Å². The smallest absolute Gasteiger partial charge is 0.124 e. The van der Waals surface area contributed by atoms with Gasteiger partial charge in [0.1, 0.15) is 12.4 Å². The minimum Gasteiger partial charge on any atom is -0.489 e. The van der Waals surface area contributed by atoms with Gasteiger partial charge in [-0.2, -0.15) is 0 Å². The summed E-state index contributed by atoms with van der Waals surface area (Å²) >= 11 is 17.9. The van der Waals surface area contributed by atoms with Gasteiger partial charge in [-0.3, -0.25) is 0 Å². The number of halogens is 3. The SMILES string of the molecule is C[C@@H](N)c1cc(Cl)ccc1OCc1ccc(Cl)cc1Cl. The highest BCUT2D eigenvalue weighted by molar-refractivity contribution is 6.35. The zero-order chi connectivity index (χ0) is 14.7. The van der Waals surface area contributed by atoms with Gasteiger partial charge in [0.2, 0.25) is 0 Å². The van der Waals surface area contributed by atoms with Gasteiger partial charge >= 0.3 is 0 Å². The Balaban J connectivity index is 2.18. The van der Waals surface area contributed by atoms with Crippen LogP contribution >= 0.6 is 34.8 Å². The molecule has 0 saturated carbocycles. The third kappa shape index (κ3) is 3.80. The van der Waals surface area contributed by atoms with Crippen molar-refractivity contribution in [3.05, 3.63) is 62.6 Å². The molecule has 5 heteroatoms. The van der Waals surface area contributed by atoms with Crippen LogP contribution in [0.3, 0.4) is 0 Å². The molecule has 1 atom stereocenters. The summed E-state index contributed by atoms with van der Waals surface area (Å²) in [5.74, 6) is 0.704. The predicted molar refractivity (Wildman–Crippen MR) is 84.8 cm³/mol. The van der Waals surface area contributed by atoms with E-state index in [9.17, 15) is 0 Å². The fourth-order valence-corrected chi connectivity index (χ4v) is 2.44. The van der Waals surface area contributed by atoms with Gasteiger partial charge in [0.15, 0.2) is 0 Å². The summed E-state index contributed by atoms with van der Waals surface area (Å²) in [7, 11) is 0. The second-order valence-corrected chi connectivity index (χ2v) is 5.78. The average Bonchev–Trinajstić information content (AvgIpc) is 2.38. The average molecular weight is 331 g/mol. The van der Waals surface area contributed by atoms with E-state index in [0.717, 1.165) is 11.1 Å². The van der Waals surface area contributed by atoms with Crippen LogP contribution in [-0.4, -0.2) is 0 Å². The van der Waals surface area contributed by atoms with Gasteiger partial charge in [0, 0.05) is 32.2 Å². The zero-order valence-corrected chi connectivity index (χ0v) is 13.1. The molecule has 0 aliphatic carbocycles. The molecule has 0 aliphatic rings. The molecule has 0 heterocycles. The summed E-state index contributed by atoms with van der Waals surface area (Å²) in [6, 6.07) is 10.5. The van der Waals surface area contributed by atoms with Crippen LogP contribution in [-0.2, 0) is 6.61 Å². The van der Waals surface area contributed by atoms with Crippen LogP contribution in [0.5, 0.6) is 5.75 Å². The van der Waals surface area contributed by atoms with Crippen molar-refractivity contribution in [1.82, 2.24) is 0 Å². The van der Waals surface area contributed by atoms with E-state index in [4.69, 9.17) is 45.3 Å². The maximum Gasteiger partial charge on any atom is 0.124 e. The first-order chi connectivity index (χ1) is 9.47. The molecule has 2 N–H and O–H groups in total. The first-order valence-corrected chi connectivity index (χ1v) is 7.22. The van der Waals surface area contributed by atoms with E-state index in [0.29, 0.717) is 27.4 Å². The number of rotatable bonds is 4. The summed E-state index contributed by atoms with van der Waals surface area (Å²) in [6.45, 7) is 2.23. The molecule has 106 valence electrons. The van der Waals surface area contributed by atoms with E-state index >= 15 is 0 Å². The second-order valence-electron chi connectivity index (χ2n) is 4.50. The van der Waals surface area contributed by atoms with Crippen molar-refractivity contribution in [3.63, 3.8) is 0 Å². The Morgan fingerprint density at radius 3 is 2.35 bits per heavy atom. The van der Waals surface area contributed by atoms with Gasteiger partial charge in [-0.15, -0.1) is 0 Å². The zero-order valence-electron chi connectivity index (χ0n) is 10.9. The van der Waals surface area contributed by atoms with Crippen LogP contribution in [0.25, 0.3) is 0 Å². The third-order valence-corrected chi connectivity index (χ3v) is 3.68. The Labute approximate surface area is 133 Å². The number of ether oxygens (including phenoxy) is 1. The second kappa shape index (κ2) is 6.68. The maximum absolute atomic E-state index is 6.11. The Bertz CT molecular complexity index is 614. The van der Waals surface area contributed by atoms with Crippen LogP contribution in [0.2, 0.25) is 15.1 Å². The third-order valence-electron chi connectivity index (χ3n) is 2.86. The molecule has 2 aromatic carbocycles. The summed E-state index contributed by atoms with van der Waals surface area (Å²) < 4.78 is 5.79. The van der Waals surface area contributed by atoms with E-state index < -0.39 is 0 Å². The van der Waals surface area contributed by atoms with Crippen molar-refractivity contribution < 1.29 is 4.74 Å². The first kappa shape index (κ1) is 15.5. The van der Waals surface area contributed by atoms with E-state index in [1.807, 2.05) is 25.1 Å². The molecule has 0 bridgehead atoms. The van der Waals surface area contributed by atoms with E-state index in [2.05, 4.69) is 0 Å². The van der Waals surface area contributed by atoms with Gasteiger partial charge in [-0.1, -0.05) is 40.9 Å². The molecule has 0 amide bonds. The number of nitrogens with two attached hydrogens (primary N) is 1. The van der Waals surface area contributed by atoms with Crippen LogP contribution in [0.1, 0.15) is 24.1 Å². The fraction of sp³-hybridized carbons (Fsp3) is 0.200. The molecule has 0 spiro atoms. The van der Waals surface area contributed by atoms with Crippen molar-refractivity contribution in [2.75, 3.05) is 0 Å². The molecular formula is C15H14Cl3NO. The van der Waals surface area contributed by atoms with Gasteiger partial charge < -0.3 is 10.5 Å². The topological polar surface area (TPSA) is 35.2 Å². The van der Waals surface area contributed by atoms with Crippen molar-refractivity contribution in [2.24, 2.45) is 5.73 Å². The predicted octanol–water partition coefficient (Wildman–Crippen LogP) is 5.25. The maximum atomic E-state index is 6.11. The van der Waals surface area contributed by atoms with Gasteiger partial charge in [0.05, 0.1) is 0 Å². The Morgan fingerprint density at radius 2 is 1.70 bits per heavy atom. The lowest BCUT2D eigenvalue weighted by Gasteiger charge is -2.15. The Morgan fingerprint density at radius 1 is 1.05 bits per heavy atom. The molecule has 2 aromatic rings. The minimum atomic E-state index is -0.163. The lowest BCUT2D eigenvalue weighted by molar-refractivity contribution is 0.301. The number of benzene rings is 2. The molecule has 0 aliphatic heterocycles. The van der Waals surface area contributed by atoms with Crippen LogP contribution < -0.4 is 10.5 Å². The molecule has 0 saturated heterocycles. The van der Waals surface area contributed by atoms with Crippen molar-refractivity contribution >= 4 is 34.8 Å². The molecule has 2 rings (SSSR count). The normalized spacial score (nSPS) is 12.2. The van der Waals surface area contributed by atoms with Crippen LogP contribution in [0.4, 0.5) is 0 Å². The minimum absolute atomic E-state index is 0.163. The molecule has 0 radical (unpaired) electrons. The first-order valence-electron chi connectivity index (χ1n) is 6.09. The molecule has 0 aromatic heterocycles. The number of hydrogen-bond acceptors (Lipinski definition) is 2. The lowest BCUT2D eigenvalue weighted by Crippen LogP contribution is -2.08. The highest BCUT2D eigenvalue weighted by Gasteiger charge is 2.10. The molecular weight excluding hydrogens is 317 g/mol. The van der Waals surface area contributed by atoms with Crippen LogP contribution in [0.15, 0.2) is 36.4 Å². The molecule has 0 unspecified atom stereocenters. The van der Waals surface area contributed by atoms with E-state index in [-0.39, 0.29) is 6.04 Å². The summed E-state index contributed by atoms with van der Waals surface area (Å²) in [5, 5.41) is 1.81. The Hall–Kier alpha value is -0.930. The van der Waals surface area contributed by atoms with Gasteiger partial charge in [-0.05, 0) is 37.3 Å². The highest BCUT2D eigenvalue weighted by atomic mass is 35.5. The summed E-state index contributed by atoms with van der Waals surface area (Å²) in [4.78, 5) is 0. The summed E-state index contributed by atoms with van der Waals surface area (Å²) in [5.41, 5.74) is 7.65. The standard InChI is InChI=1S/C15H14Cl3NO/c1-9(19)13-6-11(16)4-5-15(13)20-8-10-2-3-12(17)7-14(10)18/h2-7,9H,8,19H2,1H3/t9-/m1/s1. The monoisotopic (exact) mass is 329 g/mol. The summed E-state index contributed by atoms with van der Waals surface area (Å²) in [6.07, 6.45) is 0. The Kier molecular flexibility index (Phi) is 5.17. The van der Waals surface area contributed by atoms with Crippen molar-refractivity contribution in [3.8, 4) is 5.75 Å².